The molecule has 0 bridgehead atoms. The number of nitrogen functional groups attached to an aromatic ring is 1. The molecule has 0 aliphatic rings. The van der Waals surface area contributed by atoms with Crippen LogP contribution in [0.25, 0.3) is 0 Å². The highest BCUT2D eigenvalue weighted by atomic mass is 16.6. The molecule has 1 aromatic heterocycles. The Kier molecular flexibility index (Phi) is 5.90. The fraction of sp³-hybridized carbons (Fsp3) is 0.636. The Hall–Kier alpha value is -1.48. The summed E-state index contributed by atoms with van der Waals surface area (Å²) in [6, 6.07) is 0. The second-order valence-electron chi connectivity index (χ2n) is 4.03. The summed E-state index contributed by atoms with van der Waals surface area (Å²) in [7, 11) is 1.46. The van der Waals surface area contributed by atoms with Crippen molar-refractivity contribution in [3.8, 4) is 0 Å². The fourth-order valence-electron chi connectivity index (χ4n) is 1.52. The van der Waals surface area contributed by atoms with Crippen LogP contribution in [0.4, 0.5) is 5.82 Å². The van der Waals surface area contributed by atoms with Gasteiger partial charge in [0.05, 0.1) is 19.8 Å². The van der Waals surface area contributed by atoms with Gasteiger partial charge in [-0.3, -0.25) is 4.57 Å². The number of aliphatic hydroxyl groups excluding tert-OH is 2. The van der Waals surface area contributed by atoms with Gasteiger partial charge in [-0.05, 0) is 6.92 Å². The number of nitrogens with zero attached hydrogens (tertiary/aromatic N) is 2. The molecule has 8 nitrogen and oxygen atoms in total. The molecule has 2 atom stereocenters. The number of anilines is 1. The molecule has 4 N–H and O–H groups in total. The van der Waals surface area contributed by atoms with Crippen molar-refractivity contribution in [2.45, 2.75) is 19.3 Å². The van der Waals surface area contributed by atoms with Crippen molar-refractivity contribution in [2.75, 3.05) is 32.7 Å². The number of methoxy groups -OCH3 is 1. The lowest BCUT2D eigenvalue weighted by Gasteiger charge is -2.23. The lowest BCUT2D eigenvalue weighted by atomic mass is 10.3. The summed E-state index contributed by atoms with van der Waals surface area (Å²) in [6.07, 6.45) is -0.147. The zero-order valence-corrected chi connectivity index (χ0v) is 10.9. The zero-order chi connectivity index (χ0) is 14.4. The molecule has 1 aromatic rings. The summed E-state index contributed by atoms with van der Waals surface area (Å²) >= 11 is 0. The smallest absolute Gasteiger partial charge is 0.351 e. The lowest BCUT2D eigenvalue weighted by molar-refractivity contribution is -0.118. The highest BCUT2D eigenvalue weighted by Gasteiger charge is 2.19. The number of nitrogens with two attached hydrogens (primary N) is 1. The third-order valence-electron chi connectivity index (χ3n) is 2.55. The van der Waals surface area contributed by atoms with Crippen molar-refractivity contribution < 1.29 is 19.7 Å². The van der Waals surface area contributed by atoms with Crippen molar-refractivity contribution in [3.05, 3.63) is 22.2 Å². The van der Waals surface area contributed by atoms with Crippen molar-refractivity contribution in [2.24, 2.45) is 0 Å². The van der Waals surface area contributed by atoms with E-state index in [2.05, 4.69) is 4.98 Å². The molecule has 0 fully saturated rings. The van der Waals surface area contributed by atoms with Gasteiger partial charge in [0.1, 0.15) is 11.9 Å². The van der Waals surface area contributed by atoms with Gasteiger partial charge in [-0.15, -0.1) is 0 Å². The Morgan fingerprint density at radius 1 is 1.47 bits per heavy atom. The molecule has 0 aromatic carbocycles. The van der Waals surface area contributed by atoms with E-state index in [-0.39, 0.29) is 19.0 Å². The average molecular weight is 273 g/mol. The number of aromatic nitrogens is 2. The van der Waals surface area contributed by atoms with E-state index in [0.717, 1.165) is 4.57 Å². The summed E-state index contributed by atoms with van der Waals surface area (Å²) in [5.41, 5.74) is 5.48. The summed E-state index contributed by atoms with van der Waals surface area (Å²) in [5.74, 6) is 0.133. The Labute approximate surface area is 110 Å². The van der Waals surface area contributed by atoms with Gasteiger partial charge in [-0.2, -0.15) is 4.98 Å². The molecule has 1 heterocycles. The summed E-state index contributed by atoms with van der Waals surface area (Å²) < 4.78 is 11.4. The van der Waals surface area contributed by atoms with E-state index < -0.39 is 24.6 Å². The molecule has 8 heteroatoms. The molecule has 0 radical (unpaired) electrons. The zero-order valence-electron chi connectivity index (χ0n) is 10.9. The second kappa shape index (κ2) is 7.19. The van der Waals surface area contributed by atoms with Gasteiger partial charge in [-0.1, -0.05) is 0 Å². The third-order valence-corrected chi connectivity index (χ3v) is 2.55. The average Bonchev–Trinajstić information content (AvgIpc) is 2.39. The molecule has 0 spiro atoms. The van der Waals surface area contributed by atoms with Crippen LogP contribution >= 0.6 is 0 Å². The highest BCUT2D eigenvalue weighted by molar-refractivity contribution is 5.35. The van der Waals surface area contributed by atoms with Gasteiger partial charge >= 0.3 is 5.69 Å². The highest BCUT2D eigenvalue weighted by Crippen LogP contribution is 2.11. The van der Waals surface area contributed by atoms with Crippen LogP contribution in [0, 0.1) is 6.92 Å². The number of ether oxygens (including phenoxy) is 2. The topological polar surface area (TPSA) is 120 Å². The SMILES string of the molecule is COC[C@@H](CO)O[C@H](CO)n1cc(C)c(N)nc1=O. The molecule has 0 saturated heterocycles. The van der Waals surface area contributed by atoms with E-state index in [0.29, 0.717) is 5.56 Å². The van der Waals surface area contributed by atoms with Crippen molar-refractivity contribution in [3.63, 3.8) is 0 Å². The molecule has 0 saturated carbocycles. The van der Waals surface area contributed by atoms with E-state index in [9.17, 15) is 9.90 Å². The first-order chi connectivity index (χ1) is 9.03. The first-order valence-electron chi connectivity index (χ1n) is 5.74. The van der Waals surface area contributed by atoms with Crippen LogP contribution < -0.4 is 11.4 Å². The van der Waals surface area contributed by atoms with Crippen LogP contribution in [0.5, 0.6) is 0 Å². The van der Waals surface area contributed by atoms with Crippen molar-refractivity contribution in [1.82, 2.24) is 9.55 Å². The minimum absolute atomic E-state index is 0.133. The lowest BCUT2D eigenvalue weighted by Crippen LogP contribution is -2.35. The van der Waals surface area contributed by atoms with Crippen LogP contribution in [-0.2, 0) is 9.47 Å². The Bertz CT molecular complexity index is 462. The van der Waals surface area contributed by atoms with Gasteiger partial charge in [0.2, 0.25) is 0 Å². The van der Waals surface area contributed by atoms with Crippen LogP contribution in [0.3, 0.4) is 0 Å². The monoisotopic (exact) mass is 273 g/mol. The van der Waals surface area contributed by atoms with Gasteiger partial charge in [-0.25, -0.2) is 4.79 Å². The predicted molar refractivity (Wildman–Crippen MR) is 67.6 cm³/mol. The minimum atomic E-state index is -0.952. The largest absolute Gasteiger partial charge is 0.394 e. The molecule has 0 aliphatic carbocycles. The normalized spacial score (nSPS) is 14.3. The number of hydrogen-bond acceptors (Lipinski definition) is 7. The molecule has 1 rings (SSSR count). The molecular weight excluding hydrogens is 254 g/mol. The third kappa shape index (κ3) is 4.00. The standard InChI is InChI=1S/C11H19N3O5/c1-7-3-14(11(17)13-10(7)12)9(5-16)19-8(4-15)6-18-2/h3,8-9,15-16H,4-6H2,1-2H3,(H2,12,13,17)/t8-,9-/m1/s1. The second-order valence-corrected chi connectivity index (χ2v) is 4.03. The molecule has 0 unspecified atom stereocenters. The summed E-state index contributed by atoms with van der Waals surface area (Å²) in [5, 5.41) is 18.4. The van der Waals surface area contributed by atoms with Crippen LogP contribution in [0.15, 0.2) is 11.0 Å². The van der Waals surface area contributed by atoms with Crippen LogP contribution in [0.1, 0.15) is 11.8 Å². The molecule has 0 amide bonds. The summed E-state index contributed by atoms with van der Waals surface area (Å²) in [4.78, 5) is 15.3. The number of hydrogen-bond donors (Lipinski definition) is 3. The number of aryl methyl sites for hydroxylation is 1. The first-order valence-corrected chi connectivity index (χ1v) is 5.74. The van der Waals surface area contributed by atoms with E-state index in [1.54, 1.807) is 6.92 Å². The molecule has 0 aliphatic heterocycles. The van der Waals surface area contributed by atoms with E-state index in [1.807, 2.05) is 0 Å². The van der Waals surface area contributed by atoms with E-state index >= 15 is 0 Å². The van der Waals surface area contributed by atoms with Gasteiger partial charge in [0.15, 0.2) is 6.23 Å². The Balaban J connectivity index is 2.97. The minimum Gasteiger partial charge on any atom is -0.394 e. The number of aliphatic hydroxyl groups is 2. The predicted octanol–water partition coefficient (Wildman–Crippen LogP) is -1.35. The molecular formula is C11H19N3O5. The maximum atomic E-state index is 11.7. The van der Waals surface area contributed by atoms with Crippen LogP contribution in [-0.4, -0.2) is 52.8 Å². The van der Waals surface area contributed by atoms with Crippen molar-refractivity contribution >= 4 is 5.82 Å². The van der Waals surface area contributed by atoms with E-state index in [4.69, 9.17) is 20.3 Å². The first kappa shape index (κ1) is 15.6. The van der Waals surface area contributed by atoms with Crippen molar-refractivity contribution in [1.29, 1.82) is 0 Å². The van der Waals surface area contributed by atoms with Crippen LogP contribution in [0.2, 0.25) is 0 Å². The number of rotatable bonds is 7. The van der Waals surface area contributed by atoms with Gasteiger partial charge in [0, 0.05) is 18.9 Å². The van der Waals surface area contributed by atoms with Gasteiger partial charge < -0.3 is 25.4 Å². The maximum absolute atomic E-state index is 11.7. The summed E-state index contributed by atoms with van der Waals surface area (Å²) in [6.45, 7) is 1.10. The van der Waals surface area contributed by atoms with E-state index in [1.165, 1.54) is 13.3 Å². The molecule has 19 heavy (non-hydrogen) atoms. The Morgan fingerprint density at radius 2 is 2.16 bits per heavy atom. The quantitative estimate of drug-likeness (QED) is 0.561. The maximum Gasteiger partial charge on any atom is 0.351 e. The van der Waals surface area contributed by atoms with Gasteiger partial charge in [0.25, 0.3) is 0 Å². The Morgan fingerprint density at radius 3 is 2.68 bits per heavy atom. The fourth-order valence-corrected chi connectivity index (χ4v) is 1.52. The molecule has 108 valence electrons.